The van der Waals surface area contributed by atoms with E-state index in [1.165, 1.54) is 6.07 Å². The minimum absolute atomic E-state index is 0.206. The fourth-order valence-corrected chi connectivity index (χ4v) is 4.13. The van der Waals surface area contributed by atoms with E-state index >= 15 is 0 Å². The molecule has 1 aliphatic heterocycles. The smallest absolute Gasteiger partial charge is 0.266 e. The first-order chi connectivity index (χ1) is 17.1. The number of anilines is 1. The van der Waals surface area contributed by atoms with Crippen molar-refractivity contribution < 1.29 is 14.3 Å². The first kappa shape index (κ1) is 21.6. The zero-order chi connectivity index (χ0) is 24.4. The van der Waals surface area contributed by atoms with Gasteiger partial charge in [0.05, 0.1) is 34.0 Å². The van der Waals surface area contributed by atoms with Gasteiger partial charge in [-0.1, -0.05) is 54.6 Å². The number of nitrogens with zero attached hydrogens (tertiary/aromatic N) is 3. The number of benzene rings is 4. The molecular weight excluding hydrogens is 438 g/mol. The van der Waals surface area contributed by atoms with Crippen LogP contribution in [-0.2, 0) is 6.61 Å². The summed E-state index contributed by atoms with van der Waals surface area (Å²) in [6, 6.07) is 30.5. The highest BCUT2D eigenvalue weighted by Crippen LogP contribution is 2.36. The van der Waals surface area contributed by atoms with Crippen molar-refractivity contribution in [2.75, 3.05) is 4.90 Å². The lowest BCUT2D eigenvalue weighted by Crippen LogP contribution is -2.30. The molecule has 0 N–H and O–H groups in total. The standard InChI is InChI=1S/C29H17N3O3/c30-16-19-6-4-7-20(14-19)18-35-22-12-13-24-25(15-22)29(34)32(28(24)33)27-11-5-10-23(26(27)17-31)21-8-2-1-3-9-21/h1-15H,18H2. The highest BCUT2D eigenvalue weighted by atomic mass is 16.5. The van der Waals surface area contributed by atoms with Crippen molar-refractivity contribution in [1.82, 2.24) is 0 Å². The van der Waals surface area contributed by atoms with Crippen LogP contribution in [0.4, 0.5) is 5.69 Å². The summed E-state index contributed by atoms with van der Waals surface area (Å²) >= 11 is 0. The van der Waals surface area contributed by atoms with Crippen LogP contribution < -0.4 is 9.64 Å². The third-order valence-corrected chi connectivity index (χ3v) is 5.80. The molecule has 6 heteroatoms. The van der Waals surface area contributed by atoms with E-state index in [4.69, 9.17) is 10.00 Å². The Balaban J connectivity index is 1.46. The summed E-state index contributed by atoms with van der Waals surface area (Å²) in [5, 5.41) is 19.0. The Morgan fingerprint density at radius 3 is 2.26 bits per heavy atom. The number of amides is 2. The molecule has 1 aliphatic rings. The van der Waals surface area contributed by atoms with Crippen LogP contribution in [-0.4, -0.2) is 11.8 Å². The quantitative estimate of drug-likeness (QED) is 0.372. The molecule has 0 saturated carbocycles. The van der Waals surface area contributed by atoms with E-state index in [1.807, 2.05) is 36.4 Å². The van der Waals surface area contributed by atoms with Gasteiger partial charge in [-0.2, -0.15) is 10.5 Å². The van der Waals surface area contributed by atoms with Gasteiger partial charge >= 0.3 is 0 Å². The van der Waals surface area contributed by atoms with E-state index in [9.17, 15) is 14.9 Å². The van der Waals surface area contributed by atoms with Gasteiger partial charge in [-0.15, -0.1) is 0 Å². The minimum Gasteiger partial charge on any atom is -0.489 e. The molecule has 0 aliphatic carbocycles. The van der Waals surface area contributed by atoms with Crippen LogP contribution in [0.1, 0.15) is 37.4 Å². The van der Waals surface area contributed by atoms with Crippen molar-refractivity contribution in [2.24, 2.45) is 0 Å². The minimum atomic E-state index is -0.511. The number of rotatable bonds is 5. The lowest BCUT2D eigenvalue weighted by atomic mass is 9.98. The Bertz CT molecular complexity index is 1560. The van der Waals surface area contributed by atoms with Gasteiger partial charge in [0, 0.05) is 5.56 Å². The van der Waals surface area contributed by atoms with Crippen LogP contribution in [0, 0.1) is 22.7 Å². The number of ether oxygens (including phenoxy) is 1. The van der Waals surface area contributed by atoms with Crippen molar-refractivity contribution in [3.8, 4) is 29.0 Å². The van der Waals surface area contributed by atoms with Crippen molar-refractivity contribution in [3.63, 3.8) is 0 Å². The van der Waals surface area contributed by atoms with Gasteiger partial charge < -0.3 is 4.74 Å². The number of imide groups is 1. The van der Waals surface area contributed by atoms with Gasteiger partial charge in [0.2, 0.25) is 0 Å². The summed E-state index contributed by atoms with van der Waals surface area (Å²) < 4.78 is 5.82. The molecular formula is C29H17N3O3. The van der Waals surface area contributed by atoms with Gasteiger partial charge in [-0.05, 0) is 47.5 Å². The molecule has 166 valence electrons. The van der Waals surface area contributed by atoms with E-state index in [0.717, 1.165) is 16.0 Å². The average Bonchev–Trinajstić information content (AvgIpc) is 3.16. The molecule has 0 fully saturated rings. The molecule has 1 heterocycles. The number of hydrogen-bond acceptors (Lipinski definition) is 5. The first-order valence-electron chi connectivity index (χ1n) is 10.8. The molecule has 0 bridgehead atoms. The highest BCUT2D eigenvalue weighted by molar-refractivity contribution is 6.35. The molecule has 0 radical (unpaired) electrons. The molecule has 4 aromatic carbocycles. The second-order valence-electron chi connectivity index (χ2n) is 7.93. The molecule has 5 rings (SSSR count). The number of carbonyl (C=O) groups is 2. The summed E-state index contributed by atoms with van der Waals surface area (Å²) in [5.74, 6) is -0.573. The second kappa shape index (κ2) is 8.97. The van der Waals surface area contributed by atoms with Crippen molar-refractivity contribution >= 4 is 17.5 Å². The molecule has 0 atom stereocenters. The summed E-state index contributed by atoms with van der Waals surface area (Å²) in [6.07, 6.45) is 0. The monoisotopic (exact) mass is 455 g/mol. The topological polar surface area (TPSA) is 94.2 Å². The van der Waals surface area contributed by atoms with E-state index in [2.05, 4.69) is 12.1 Å². The Morgan fingerprint density at radius 1 is 0.714 bits per heavy atom. The molecule has 2 amide bonds. The number of fused-ring (bicyclic) bond motifs is 1. The SMILES string of the molecule is N#Cc1cccc(COc2ccc3c(c2)C(=O)N(c2cccc(-c4ccccc4)c2C#N)C3=O)c1. The van der Waals surface area contributed by atoms with Crippen LogP contribution in [0.15, 0.2) is 91.0 Å². The van der Waals surface area contributed by atoms with Crippen LogP contribution in [0.3, 0.4) is 0 Å². The van der Waals surface area contributed by atoms with Gasteiger partial charge in [0.15, 0.2) is 0 Å². The number of carbonyl (C=O) groups excluding carboxylic acids is 2. The molecule has 4 aromatic rings. The van der Waals surface area contributed by atoms with E-state index in [1.54, 1.807) is 48.5 Å². The molecule has 0 saturated heterocycles. The van der Waals surface area contributed by atoms with Crippen LogP contribution in [0.25, 0.3) is 11.1 Å². The maximum atomic E-state index is 13.3. The lowest BCUT2D eigenvalue weighted by molar-refractivity contribution is 0.0926. The summed E-state index contributed by atoms with van der Waals surface area (Å²) in [6.45, 7) is 0.206. The van der Waals surface area contributed by atoms with Crippen LogP contribution in [0.5, 0.6) is 5.75 Å². The normalized spacial score (nSPS) is 12.1. The average molecular weight is 455 g/mol. The Kier molecular flexibility index (Phi) is 5.55. The van der Waals surface area contributed by atoms with Gasteiger partial charge in [-0.3, -0.25) is 9.59 Å². The van der Waals surface area contributed by atoms with Crippen molar-refractivity contribution in [2.45, 2.75) is 6.61 Å². The van der Waals surface area contributed by atoms with E-state index < -0.39 is 11.8 Å². The predicted octanol–water partition coefficient (Wildman–Crippen LogP) is 5.48. The fraction of sp³-hybridized carbons (Fsp3) is 0.0345. The lowest BCUT2D eigenvalue weighted by Gasteiger charge is -2.17. The molecule has 6 nitrogen and oxygen atoms in total. The molecule has 0 spiro atoms. The third kappa shape index (κ3) is 3.90. The maximum absolute atomic E-state index is 13.3. The summed E-state index contributed by atoms with van der Waals surface area (Å²) in [7, 11) is 0. The number of hydrogen-bond donors (Lipinski definition) is 0. The largest absolute Gasteiger partial charge is 0.489 e. The van der Waals surface area contributed by atoms with E-state index in [0.29, 0.717) is 16.9 Å². The zero-order valence-corrected chi connectivity index (χ0v) is 18.4. The van der Waals surface area contributed by atoms with Crippen molar-refractivity contribution in [1.29, 1.82) is 10.5 Å². The Labute approximate surface area is 201 Å². The molecule has 35 heavy (non-hydrogen) atoms. The fourth-order valence-electron chi connectivity index (χ4n) is 4.13. The molecule has 0 aromatic heterocycles. The zero-order valence-electron chi connectivity index (χ0n) is 18.4. The van der Waals surface area contributed by atoms with Crippen LogP contribution in [0.2, 0.25) is 0 Å². The van der Waals surface area contributed by atoms with E-state index in [-0.39, 0.29) is 29.0 Å². The Hall–Kier alpha value is -5.20. The second-order valence-corrected chi connectivity index (χ2v) is 7.93. The number of nitriles is 2. The molecule has 0 unspecified atom stereocenters. The Morgan fingerprint density at radius 2 is 1.49 bits per heavy atom. The summed E-state index contributed by atoms with van der Waals surface area (Å²) in [5.41, 5.74) is 3.77. The predicted molar refractivity (Wildman–Crippen MR) is 130 cm³/mol. The van der Waals surface area contributed by atoms with Crippen LogP contribution >= 0.6 is 0 Å². The van der Waals surface area contributed by atoms with Gasteiger partial charge in [0.1, 0.15) is 18.4 Å². The van der Waals surface area contributed by atoms with Gasteiger partial charge in [-0.25, -0.2) is 4.90 Å². The third-order valence-electron chi connectivity index (χ3n) is 5.80. The maximum Gasteiger partial charge on any atom is 0.266 e. The summed E-state index contributed by atoms with van der Waals surface area (Å²) in [4.78, 5) is 27.6. The van der Waals surface area contributed by atoms with Gasteiger partial charge in [0.25, 0.3) is 11.8 Å². The van der Waals surface area contributed by atoms with Crippen molar-refractivity contribution in [3.05, 3.63) is 119 Å². The highest BCUT2D eigenvalue weighted by Gasteiger charge is 2.38. The first-order valence-corrected chi connectivity index (χ1v) is 10.8.